The Morgan fingerprint density at radius 3 is 1.75 bits per heavy atom. The first-order valence-corrected chi connectivity index (χ1v) is 4.58. The van der Waals surface area contributed by atoms with Gasteiger partial charge in [-0.15, -0.1) is 0 Å². The zero-order valence-electron chi connectivity index (χ0n) is 6.60. The molecule has 0 saturated carbocycles. The van der Waals surface area contributed by atoms with E-state index >= 15 is 0 Å². The fourth-order valence-corrected chi connectivity index (χ4v) is 0.328. The van der Waals surface area contributed by atoms with Gasteiger partial charge >= 0.3 is 16.4 Å². The molecule has 0 aliphatic heterocycles. The first kappa shape index (κ1) is 13.9. The Kier molecular flexibility index (Phi) is 8.12. The first-order chi connectivity index (χ1) is 5.27. The van der Waals surface area contributed by atoms with E-state index < -0.39 is 16.4 Å². The summed E-state index contributed by atoms with van der Waals surface area (Å²) in [5, 5.41) is 8.04. The summed E-state index contributed by atoms with van der Waals surface area (Å²) in [7, 11) is -4.67. The Bertz CT molecular complexity index is 198. The third-order valence-corrected chi connectivity index (χ3v) is 0.744. The Hall–Kier alpha value is -0.660. The van der Waals surface area contributed by atoms with Crippen LogP contribution in [0.4, 0.5) is 0 Å². The highest BCUT2D eigenvalue weighted by Crippen LogP contribution is 1.91. The van der Waals surface area contributed by atoms with Crippen LogP contribution in [0.25, 0.3) is 0 Å². The van der Waals surface area contributed by atoms with Crippen molar-refractivity contribution in [3.63, 3.8) is 0 Å². The van der Waals surface area contributed by atoms with Gasteiger partial charge in [-0.25, -0.2) is 0 Å². The van der Waals surface area contributed by atoms with Crippen molar-refractivity contribution >= 4 is 16.4 Å². The Labute approximate surface area is 70.8 Å². The van der Waals surface area contributed by atoms with Crippen molar-refractivity contribution < 1.29 is 27.4 Å². The highest BCUT2D eigenvalue weighted by Gasteiger charge is 1.90. The van der Waals surface area contributed by atoms with Crippen LogP contribution in [0.1, 0.15) is 26.2 Å². The summed E-state index contributed by atoms with van der Waals surface area (Å²) in [5.41, 5.74) is 0. The third-order valence-electron chi connectivity index (χ3n) is 0.744. The Morgan fingerprint density at radius 1 is 1.33 bits per heavy atom. The lowest BCUT2D eigenvalue weighted by Gasteiger charge is -1.85. The van der Waals surface area contributed by atoms with Crippen LogP contribution in [-0.4, -0.2) is 28.6 Å². The molecular formula is C5H12O6S. The maximum Gasteiger partial charge on any atom is 0.394 e. The van der Waals surface area contributed by atoms with Crippen molar-refractivity contribution in [1.29, 1.82) is 0 Å². The lowest BCUT2D eigenvalue weighted by atomic mass is 10.3. The van der Waals surface area contributed by atoms with E-state index in [1.807, 2.05) is 6.92 Å². The van der Waals surface area contributed by atoms with Crippen LogP contribution in [-0.2, 0) is 15.2 Å². The average molecular weight is 200 g/mol. The third kappa shape index (κ3) is 58.2. The molecule has 0 fully saturated rings. The van der Waals surface area contributed by atoms with Crippen molar-refractivity contribution in [2.75, 3.05) is 0 Å². The van der Waals surface area contributed by atoms with E-state index in [2.05, 4.69) is 0 Å². The number of carboxylic acids is 1. The summed E-state index contributed by atoms with van der Waals surface area (Å²) in [6.45, 7) is 1.98. The van der Waals surface area contributed by atoms with Crippen molar-refractivity contribution in [3.8, 4) is 0 Å². The minimum Gasteiger partial charge on any atom is -0.481 e. The number of rotatable bonds is 3. The molecule has 0 bridgehead atoms. The zero-order valence-corrected chi connectivity index (χ0v) is 7.41. The van der Waals surface area contributed by atoms with Gasteiger partial charge in [-0.2, -0.15) is 8.42 Å². The highest BCUT2D eigenvalue weighted by molar-refractivity contribution is 7.79. The number of unbranched alkanes of at least 4 members (excludes halogenated alkanes) is 1. The monoisotopic (exact) mass is 200 g/mol. The van der Waals surface area contributed by atoms with E-state index in [4.69, 9.17) is 22.6 Å². The van der Waals surface area contributed by atoms with Crippen molar-refractivity contribution in [3.05, 3.63) is 0 Å². The first-order valence-electron chi connectivity index (χ1n) is 3.19. The summed E-state index contributed by atoms with van der Waals surface area (Å²) in [4.78, 5) is 9.76. The topological polar surface area (TPSA) is 112 Å². The van der Waals surface area contributed by atoms with Gasteiger partial charge in [0.25, 0.3) is 0 Å². The number of carboxylic acid groups (broad SMARTS) is 1. The smallest absolute Gasteiger partial charge is 0.394 e. The molecule has 12 heavy (non-hydrogen) atoms. The molecule has 0 aliphatic rings. The minimum atomic E-state index is -4.67. The van der Waals surface area contributed by atoms with Gasteiger partial charge in [0.1, 0.15) is 0 Å². The lowest BCUT2D eigenvalue weighted by molar-refractivity contribution is -0.137. The second kappa shape index (κ2) is 7.01. The molecular weight excluding hydrogens is 188 g/mol. The van der Waals surface area contributed by atoms with E-state index in [0.717, 1.165) is 12.8 Å². The zero-order chi connectivity index (χ0) is 10.2. The van der Waals surface area contributed by atoms with Gasteiger partial charge in [0, 0.05) is 6.42 Å². The maximum absolute atomic E-state index is 9.76. The van der Waals surface area contributed by atoms with E-state index in [9.17, 15) is 4.79 Å². The molecule has 0 rings (SSSR count). The second-order valence-corrected chi connectivity index (χ2v) is 2.84. The van der Waals surface area contributed by atoms with Crippen molar-refractivity contribution in [2.45, 2.75) is 26.2 Å². The van der Waals surface area contributed by atoms with Gasteiger partial charge in [0.2, 0.25) is 0 Å². The average Bonchev–Trinajstić information content (AvgIpc) is 1.79. The largest absolute Gasteiger partial charge is 0.481 e. The van der Waals surface area contributed by atoms with Gasteiger partial charge < -0.3 is 5.11 Å². The fraction of sp³-hybridized carbons (Fsp3) is 0.800. The van der Waals surface area contributed by atoms with Gasteiger partial charge in [0.05, 0.1) is 0 Å². The maximum atomic E-state index is 9.76. The molecule has 0 amide bonds. The molecule has 0 aromatic carbocycles. The van der Waals surface area contributed by atoms with Crippen molar-refractivity contribution in [2.24, 2.45) is 0 Å². The summed E-state index contributed by atoms with van der Waals surface area (Å²) in [6.07, 6.45) is 2.08. The molecule has 0 saturated heterocycles. The summed E-state index contributed by atoms with van der Waals surface area (Å²) < 4.78 is 31.6. The lowest BCUT2D eigenvalue weighted by Crippen LogP contribution is -1.91. The molecule has 6 nitrogen and oxygen atoms in total. The standard InChI is InChI=1S/C5H10O2.H2O4S/c1-2-3-4-5(6)7;1-5(2,3)4/h2-4H2,1H3,(H,6,7);(H2,1,2,3,4). The molecule has 0 aliphatic carbocycles. The SMILES string of the molecule is CCCCC(=O)O.O=S(=O)(O)O. The van der Waals surface area contributed by atoms with Crippen LogP contribution in [0.15, 0.2) is 0 Å². The highest BCUT2D eigenvalue weighted by atomic mass is 32.3. The normalized spacial score (nSPS) is 9.92. The quantitative estimate of drug-likeness (QED) is 0.575. The summed E-state index contributed by atoms with van der Waals surface area (Å²) >= 11 is 0. The van der Waals surface area contributed by atoms with Gasteiger partial charge in [-0.1, -0.05) is 13.3 Å². The minimum absolute atomic E-state index is 0.316. The van der Waals surface area contributed by atoms with Gasteiger partial charge in [-0.3, -0.25) is 13.9 Å². The molecule has 0 aromatic rings. The van der Waals surface area contributed by atoms with E-state index in [-0.39, 0.29) is 0 Å². The molecule has 0 radical (unpaired) electrons. The van der Waals surface area contributed by atoms with Crippen LogP contribution >= 0.6 is 0 Å². The van der Waals surface area contributed by atoms with E-state index in [0.29, 0.717) is 6.42 Å². The number of aliphatic carboxylic acids is 1. The van der Waals surface area contributed by atoms with Crippen LogP contribution < -0.4 is 0 Å². The number of hydrogen-bond donors (Lipinski definition) is 3. The van der Waals surface area contributed by atoms with Crippen LogP contribution in [0.5, 0.6) is 0 Å². The fourth-order valence-electron chi connectivity index (χ4n) is 0.328. The van der Waals surface area contributed by atoms with Crippen LogP contribution in [0.2, 0.25) is 0 Å². The van der Waals surface area contributed by atoms with Gasteiger partial charge in [-0.05, 0) is 6.42 Å². The van der Waals surface area contributed by atoms with Crippen molar-refractivity contribution in [1.82, 2.24) is 0 Å². The second-order valence-electron chi connectivity index (χ2n) is 1.95. The summed E-state index contributed by atoms with van der Waals surface area (Å²) in [6, 6.07) is 0. The predicted octanol–water partition coefficient (Wildman–Crippen LogP) is 0.608. The molecule has 0 aromatic heterocycles. The molecule has 7 heteroatoms. The van der Waals surface area contributed by atoms with E-state index in [1.165, 1.54) is 0 Å². The molecule has 3 N–H and O–H groups in total. The van der Waals surface area contributed by atoms with E-state index in [1.54, 1.807) is 0 Å². The molecule has 74 valence electrons. The summed E-state index contributed by atoms with van der Waals surface area (Å²) in [5.74, 6) is -0.693. The number of hydrogen-bond acceptors (Lipinski definition) is 3. The van der Waals surface area contributed by atoms with Gasteiger partial charge in [0.15, 0.2) is 0 Å². The predicted molar refractivity (Wildman–Crippen MR) is 41.3 cm³/mol. The molecule has 0 atom stereocenters. The molecule has 0 heterocycles. The molecule has 0 spiro atoms. The van der Waals surface area contributed by atoms with Crippen LogP contribution in [0.3, 0.4) is 0 Å². The molecule has 0 unspecified atom stereocenters. The number of carbonyl (C=O) groups is 1. The Balaban J connectivity index is 0. The van der Waals surface area contributed by atoms with Crippen LogP contribution in [0, 0.1) is 0 Å². The Morgan fingerprint density at radius 2 is 1.67 bits per heavy atom.